The van der Waals surface area contributed by atoms with E-state index in [9.17, 15) is 0 Å². The molecule has 0 aromatic heterocycles. The number of nitrogens with one attached hydrogen (secondary N) is 1. The third-order valence-electron chi connectivity index (χ3n) is 2.19. The summed E-state index contributed by atoms with van der Waals surface area (Å²) in [7, 11) is 0. The fraction of sp³-hybridized carbons (Fsp3) is 1.00. The molecule has 1 atom stereocenters. The Bertz CT molecular complexity index is 142. The lowest BCUT2D eigenvalue weighted by Crippen LogP contribution is -2.39. The summed E-state index contributed by atoms with van der Waals surface area (Å²) in [5.74, 6) is 0.620. The summed E-state index contributed by atoms with van der Waals surface area (Å²) in [6.45, 7) is 9.16. The maximum atomic E-state index is 9.13. The number of hydrogen-bond donors (Lipinski definition) is 2. The van der Waals surface area contributed by atoms with E-state index in [1.165, 1.54) is 5.06 Å². The predicted molar refractivity (Wildman–Crippen MR) is 49.2 cm³/mol. The molecule has 0 aromatic carbocycles. The fourth-order valence-corrected chi connectivity index (χ4v) is 1.43. The zero-order valence-corrected chi connectivity index (χ0v) is 8.30. The first kappa shape index (κ1) is 9.96. The van der Waals surface area contributed by atoms with Crippen molar-refractivity contribution in [3.63, 3.8) is 0 Å². The van der Waals surface area contributed by atoms with Crippen LogP contribution in [0.25, 0.3) is 0 Å². The molecule has 2 N–H and O–H groups in total. The molecule has 1 saturated heterocycles. The number of hydroxylamine groups is 2. The van der Waals surface area contributed by atoms with E-state index >= 15 is 0 Å². The van der Waals surface area contributed by atoms with Crippen LogP contribution < -0.4 is 5.32 Å². The largest absolute Gasteiger partial charge is 0.314 e. The third kappa shape index (κ3) is 3.52. The number of hydrogen-bond acceptors (Lipinski definition) is 3. The van der Waals surface area contributed by atoms with E-state index in [0.29, 0.717) is 5.92 Å². The minimum Gasteiger partial charge on any atom is -0.314 e. The van der Waals surface area contributed by atoms with E-state index in [2.05, 4.69) is 26.1 Å². The smallest absolute Gasteiger partial charge is 0.0279 e. The Hall–Kier alpha value is -0.120. The van der Waals surface area contributed by atoms with Crippen LogP contribution in [0.5, 0.6) is 0 Å². The monoisotopic (exact) mass is 172 g/mol. The standard InChI is InChI=1S/C9H20N2O/c1-9(2,3)10-6-8-4-5-11(12)7-8/h8,10,12H,4-7H2,1-3H3. The molecule has 3 nitrogen and oxygen atoms in total. The van der Waals surface area contributed by atoms with Gasteiger partial charge in [0.2, 0.25) is 0 Å². The van der Waals surface area contributed by atoms with Crippen molar-refractivity contribution in [1.82, 2.24) is 10.4 Å². The van der Waals surface area contributed by atoms with E-state index in [4.69, 9.17) is 5.21 Å². The lowest BCUT2D eigenvalue weighted by atomic mass is 10.1. The van der Waals surface area contributed by atoms with Crippen molar-refractivity contribution >= 4 is 0 Å². The van der Waals surface area contributed by atoms with E-state index < -0.39 is 0 Å². The molecule has 1 aliphatic heterocycles. The lowest BCUT2D eigenvalue weighted by Gasteiger charge is -2.22. The van der Waals surface area contributed by atoms with Gasteiger partial charge in [-0.2, -0.15) is 5.06 Å². The Morgan fingerprint density at radius 1 is 1.50 bits per heavy atom. The van der Waals surface area contributed by atoms with Gasteiger partial charge in [0.1, 0.15) is 0 Å². The number of rotatable bonds is 2. The molecule has 0 aromatic rings. The molecule has 1 unspecified atom stereocenters. The van der Waals surface area contributed by atoms with Gasteiger partial charge in [0.05, 0.1) is 0 Å². The summed E-state index contributed by atoms with van der Waals surface area (Å²) in [6.07, 6.45) is 1.11. The van der Waals surface area contributed by atoms with Gasteiger partial charge in [0.15, 0.2) is 0 Å². The highest BCUT2D eigenvalue weighted by atomic mass is 16.5. The first-order chi connectivity index (χ1) is 5.47. The molecule has 3 heteroatoms. The van der Waals surface area contributed by atoms with Crippen LogP contribution in [0.3, 0.4) is 0 Å². The van der Waals surface area contributed by atoms with Crippen molar-refractivity contribution in [2.45, 2.75) is 32.7 Å². The van der Waals surface area contributed by atoms with Crippen LogP contribution in [0.2, 0.25) is 0 Å². The first-order valence-corrected chi connectivity index (χ1v) is 4.66. The molecule has 0 aliphatic carbocycles. The Morgan fingerprint density at radius 3 is 2.58 bits per heavy atom. The van der Waals surface area contributed by atoms with E-state index in [1.807, 2.05) is 0 Å². The quantitative estimate of drug-likeness (QED) is 0.654. The summed E-state index contributed by atoms with van der Waals surface area (Å²) in [5.41, 5.74) is 0.197. The van der Waals surface area contributed by atoms with Crippen LogP contribution >= 0.6 is 0 Å². The van der Waals surface area contributed by atoms with Crippen molar-refractivity contribution < 1.29 is 5.21 Å². The second kappa shape index (κ2) is 3.73. The molecule has 0 amide bonds. The lowest BCUT2D eigenvalue weighted by molar-refractivity contribution is -0.0713. The minimum atomic E-state index is 0.197. The van der Waals surface area contributed by atoms with Gasteiger partial charge >= 0.3 is 0 Å². The zero-order chi connectivity index (χ0) is 9.19. The predicted octanol–water partition coefficient (Wildman–Crippen LogP) is 1.09. The van der Waals surface area contributed by atoms with Gasteiger partial charge in [-0.3, -0.25) is 0 Å². The molecule has 1 aliphatic rings. The van der Waals surface area contributed by atoms with Crippen LogP contribution in [0, 0.1) is 5.92 Å². The summed E-state index contributed by atoms with van der Waals surface area (Å²) in [4.78, 5) is 0. The zero-order valence-electron chi connectivity index (χ0n) is 8.30. The molecule has 1 fully saturated rings. The van der Waals surface area contributed by atoms with Gasteiger partial charge in [-0.05, 0) is 39.7 Å². The van der Waals surface area contributed by atoms with Crippen molar-refractivity contribution in [1.29, 1.82) is 0 Å². The molecule has 0 radical (unpaired) electrons. The number of nitrogens with zero attached hydrogens (tertiary/aromatic N) is 1. The SMILES string of the molecule is CC(C)(C)NCC1CCN(O)C1. The molecule has 12 heavy (non-hydrogen) atoms. The topological polar surface area (TPSA) is 35.5 Å². The van der Waals surface area contributed by atoms with Crippen LogP contribution in [0.4, 0.5) is 0 Å². The van der Waals surface area contributed by atoms with E-state index in [1.54, 1.807) is 0 Å². The van der Waals surface area contributed by atoms with Gasteiger partial charge < -0.3 is 10.5 Å². The molecule has 1 rings (SSSR count). The average molecular weight is 172 g/mol. The van der Waals surface area contributed by atoms with Crippen LogP contribution in [0.15, 0.2) is 0 Å². The molecule has 0 spiro atoms. The Labute approximate surface area is 74.7 Å². The van der Waals surface area contributed by atoms with Crippen LogP contribution in [0.1, 0.15) is 27.2 Å². The first-order valence-electron chi connectivity index (χ1n) is 4.66. The van der Waals surface area contributed by atoms with E-state index in [-0.39, 0.29) is 5.54 Å². The molecule has 0 saturated carbocycles. The average Bonchev–Trinajstić information content (AvgIpc) is 2.30. The van der Waals surface area contributed by atoms with Crippen LogP contribution in [-0.4, -0.2) is 35.4 Å². The second-order valence-electron chi connectivity index (χ2n) is 4.70. The Morgan fingerprint density at radius 2 is 2.17 bits per heavy atom. The molecular weight excluding hydrogens is 152 g/mol. The normalized spacial score (nSPS) is 26.5. The summed E-state index contributed by atoms with van der Waals surface area (Å²) >= 11 is 0. The molecular formula is C9H20N2O. The molecule has 0 bridgehead atoms. The second-order valence-corrected chi connectivity index (χ2v) is 4.70. The molecule has 72 valence electrons. The van der Waals surface area contributed by atoms with Crippen LogP contribution in [-0.2, 0) is 0 Å². The highest BCUT2D eigenvalue weighted by Gasteiger charge is 2.22. The van der Waals surface area contributed by atoms with E-state index in [0.717, 1.165) is 26.1 Å². The van der Waals surface area contributed by atoms with Crippen molar-refractivity contribution in [2.24, 2.45) is 5.92 Å². The fourth-order valence-electron chi connectivity index (χ4n) is 1.43. The summed E-state index contributed by atoms with van der Waals surface area (Å²) < 4.78 is 0. The minimum absolute atomic E-state index is 0.197. The maximum absolute atomic E-state index is 9.13. The highest BCUT2D eigenvalue weighted by Crippen LogP contribution is 2.13. The third-order valence-corrected chi connectivity index (χ3v) is 2.19. The van der Waals surface area contributed by atoms with Gasteiger partial charge in [-0.1, -0.05) is 0 Å². The maximum Gasteiger partial charge on any atom is 0.0279 e. The van der Waals surface area contributed by atoms with Gasteiger partial charge in [0, 0.05) is 18.6 Å². The van der Waals surface area contributed by atoms with Crippen molar-refractivity contribution in [3.8, 4) is 0 Å². The van der Waals surface area contributed by atoms with Gasteiger partial charge in [0.25, 0.3) is 0 Å². The molecule has 1 heterocycles. The van der Waals surface area contributed by atoms with Gasteiger partial charge in [-0.15, -0.1) is 0 Å². The summed E-state index contributed by atoms with van der Waals surface area (Å²) in [5, 5.41) is 14.0. The van der Waals surface area contributed by atoms with Gasteiger partial charge in [-0.25, -0.2) is 0 Å². The Balaban J connectivity index is 2.16. The van der Waals surface area contributed by atoms with Crippen molar-refractivity contribution in [3.05, 3.63) is 0 Å². The Kier molecular flexibility index (Phi) is 3.09. The summed E-state index contributed by atoms with van der Waals surface area (Å²) in [6, 6.07) is 0. The highest BCUT2D eigenvalue weighted by molar-refractivity contribution is 4.77. The van der Waals surface area contributed by atoms with Crippen molar-refractivity contribution in [2.75, 3.05) is 19.6 Å².